The molecule has 1 amide bonds. The molecule has 8 nitrogen and oxygen atoms in total. The zero-order valence-electron chi connectivity index (χ0n) is 14.1. The van der Waals surface area contributed by atoms with Gasteiger partial charge in [-0.1, -0.05) is 0 Å². The lowest BCUT2D eigenvalue weighted by molar-refractivity contribution is 0.102. The highest BCUT2D eigenvalue weighted by atomic mass is 16.5. The largest absolute Gasteiger partial charge is 0.497 e. The number of amides is 1. The molecule has 0 unspecified atom stereocenters. The van der Waals surface area contributed by atoms with Crippen molar-refractivity contribution in [2.75, 3.05) is 19.5 Å². The molecule has 0 spiro atoms. The molecule has 3 aromatic rings. The lowest BCUT2D eigenvalue weighted by atomic mass is 10.1. The monoisotopic (exact) mass is 339 g/mol. The van der Waals surface area contributed by atoms with Gasteiger partial charge < -0.3 is 14.8 Å². The van der Waals surface area contributed by atoms with E-state index in [4.69, 9.17) is 9.47 Å². The summed E-state index contributed by atoms with van der Waals surface area (Å²) in [6.07, 6.45) is 1.52. The minimum absolute atomic E-state index is 0.269. The van der Waals surface area contributed by atoms with Crippen LogP contribution in [0, 0.1) is 6.92 Å². The normalized spacial score (nSPS) is 10.4. The number of aromatic nitrogens is 4. The summed E-state index contributed by atoms with van der Waals surface area (Å²) in [7, 11) is 3.07. The molecular formula is C17H17N5O3. The molecule has 1 heterocycles. The summed E-state index contributed by atoms with van der Waals surface area (Å²) in [4.78, 5) is 12.5. The van der Waals surface area contributed by atoms with Gasteiger partial charge in [-0.05, 0) is 53.2 Å². The van der Waals surface area contributed by atoms with Gasteiger partial charge in [0, 0.05) is 11.8 Å². The number of tetrazole rings is 1. The van der Waals surface area contributed by atoms with Crippen molar-refractivity contribution < 1.29 is 14.3 Å². The molecule has 0 aliphatic carbocycles. The third kappa shape index (κ3) is 3.42. The van der Waals surface area contributed by atoms with Crippen LogP contribution in [0.5, 0.6) is 11.5 Å². The molecule has 0 atom stereocenters. The van der Waals surface area contributed by atoms with Gasteiger partial charge in [0.05, 0.1) is 25.5 Å². The summed E-state index contributed by atoms with van der Waals surface area (Å²) >= 11 is 0. The van der Waals surface area contributed by atoms with Crippen LogP contribution in [0.15, 0.2) is 42.7 Å². The Hall–Kier alpha value is -3.42. The number of benzene rings is 2. The van der Waals surface area contributed by atoms with Crippen LogP contribution in [0.1, 0.15) is 15.9 Å². The minimum atomic E-state index is -0.269. The van der Waals surface area contributed by atoms with Crippen LogP contribution in [0.25, 0.3) is 5.69 Å². The first-order valence-corrected chi connectivity index (χ1v) is 7.49. The van der Waals surface area contributed by atoms with E-state index in [1.165, 1.54) is 13.4 Å². The van der Waals surface area contributed by atoms with Crippen LogP contribution in [0.2, 0.25) is 0 Å². The number of carbonyl (C=O) groups is 1. The average Bonchev–Trinajstić information content (AvgIpc) is 3.15. The highest BCUT2D eigenvalue weighted by molar-refractivity contribution is 6.06. The molecule has 0 saturated heterocycles. The van der Waals surface area contributed by atoms with Gasteiger partial charge >= 0.3 is 0 Å². The standard InChI is InChI=1S/C17H17N5O3/c1-11-8-12(4-7-15(11)22-10-18-20-21-22)19-17(23)14-6-5-13(24-2)9-16(14)25-3/h4-10H,1-3H3,(H,19,23). The third-order valence-corrected chi connectivity index (χ3v) is 3.70. The van der Waals surface area contributed by atoms with Crippen LogP contribution in [-0.4, -0.2) is 40.3 Å². The van der Waals surface area contributed by atoms with Gasteiger partial charge in [0.15, 0.2) is 0 Å². The first-order valence-electron chi connectivity index (χ1n) is 7.49. The number of hydrogen-bond donors (Lipinski definition) is 1. The number of carbonyl (C=O) groups excluding carboxylic acids is 1. The third-order valence-electron chi connectivity index (χ3n) is 3.70. The number of nitrogens with zero attached hydrogens (tertiary/aromatic N) is 4. The number of hydrogen-bond acceptors (Lipinski definition) is 6. The van der Waals surface area contributed by atoms with Gasteiger partial charge in [-0.15, -0.1) is 5.10 Å². The van der Waals surface area contributed by atoms with Crippen molar-refractivity contribution >= 4 is 11.6 Å². The number of rotatable bonds is 5. The van der Waals surface area contributed by atoms with Crippen molar-refractivity contribution in [1.29, 1.82) is 0 Å². The predicted molar refractivity (Wildman–Crippen MR) is 91.4 cm³/mol. The first kappa shape index (κ1) is 16.4. The van der Waals surface area contributed by atoms with Crippen LogP contribution < -0.4 is 14.8 Å². The fourth-order valence-electron chi connectivity index (χ4n) is 2.45. The van der Waals surface area contributed by atoms with Gasteiger partial charge in [0.2, 0.25) is 0 Å². The Morgan fingerprint density at radius 3 is 2.60 bits per heavy atom. The van der Waals surface area contributed by atoms with E-state index in [9.17, 15) is 4.79 Å². The molecule has 2 aromatic carbocycles. The summed E-state index contributed by atoms with van der Waals surface area (Å²) in [6.45, 7) is 1.92. The van der Waals surface area contributed by atoms with Crippen molar-refractivity contribution in [3.63, 3.8) is 0 Å². The SMILES string of the molecule is COc1ccc(C(=O)Nc2ccc(-n3cnnn3)c(C)c2)c(OC)c1. The van der Waals surface area contributed by atoms with E-state index < -0.39 is 0 Å². The van der Waals surface area contributed by atoms with Gasteiger partial charge in [0.1, 0.15) is 17.8 Å². The maximum atomic E-state index is 12.5. The molecule has 128 valence electrons. The Morgan fingerprint density at radius 1 is 1.12 bits per heavy atom. The molecule has 0 fully saturated rings. The summed E-state index contributed by atoms with van der Waals surface area (Å²) in [6, 6.07) is 10.5. The highest BCUT2D eigenvalue weighted by Crippen LogP contribution is 2.26. The summed E-state index contributed by atoms with van der Waals surface area (Å²) in [5.41, 5.74) is 2.85. The topological polar surface area (TPSA) is 91.2 Å². The van der Waals surface area contributed by atoms with Crippen molar-refractivity contribution in [1.82, 2.24) is 20.2 Å². The Balaban J connectivity index is 1.83. The molecule has 8 heteroatoms. The number of anilines is 1. The first-order chi connectivity index (χ1) is 12.1. The van der Waals surface area contributed by atoms with Crippen molar-refractivity contribution in [2.45, 2.75) is 6.92 Å². The molecule has 1 aromatic heterocycles. The Kier molecular flexibility index (Phi) is 4.60. The van der Waals surface area contributed by atoms with E-state index >= 15 is 0 Å². The zero-order chi connectivity index (χ0) is 17.8. The van der Waals surface area contributed by atoms with E-state index in [-0.39, 0.29) is 5.91 Å². The summed E-state index contributed by atoms with van der Waals surface area (Å²) in [5, 5.41) is 14.0. The second kappa shape index (κ2) is 7.00. The number of aryl methyl sites for hydroxylation is 1. The van der Waals surface area contributed by atoms with Gasteiger partial charge in [0.25, 0.3) is 5.91 Å². The highest BCUT2D eigenvalue weighted by Gasteiger charge is 2.14. The molecular weight excluding hydrogens is 322 g/mol. The van der Waals surface area contributed by atoms with Crippen molar-refractivity contribution in [3.05, 3.63) is 53.9 Å². The molecule has 0 aliphatic heterocycles. The van der Waals surface area contributed by atoms with Crippen LogP contribution in [0.4, 0.5) is 5.69 Å². The fourth-order valence-corrected chi connectivity index (χ4v) is 2.45. The number of methoxy groups -OCH3 is 2. The Bertz CT molecular complexity index is 893. The van der Waals surface area contributed by atoms with E-state index in [0.717, 1.165) is 11.3 Å². The average molecular weight is 339 g/mol. The second-order valence-electron chi connectivity index (χ2n) is 5.28. The maximum Gasteiger partial charge on any atom is 0.259 e. The van der Waals surface area contributed by atoms with E-state index in [2.05, 4.69) is 20.8 Å². The van der Waals surface area contributed by atoms with E-state index in [0.29, 0.717) is 22.7 Å². The lowest BCUT2D eigenvalue weighted by Gasteiger charge is -2.12. The molecule has 0 bridgehead atoms. The van der Waals surface area contributed by atoms with Crippen molar-refractivity contribution in [3.8, 4) is 17.2 Å². The summed E-state index contributed by atoms with van der Waals surface area (Å²) < 4.78 is 12.0. The van der Waals surface area contributed by atoms with E-state index in [1.54, 1.807) is 36.1 Å². The lowest BCUT2D eigenvalue weighted by Crippen LogP contribution is -2.13. The molecule has 3 rings (SSSR count). The number of nitrogens with one attached hydrogen (secondary N) is 1. The minimum Gasteiger partial charge on any atom is -0.497 e. The summed E-state index contributed by atoms with van der Waals surface area (Å²) in [5.74, 6) is 0.794. The van der Waals surface area contributed by atoms with Crippen LogP contribution in [-0.2, 0) is 0 Å². The van der Waals surface area contributed by atoms with Gasteiger partial charge in [-0.25, -0.2) is 4.68 Å². The molecule has 25 heavy (non-hydrogen) atoms. The quantitative estimate of drug-likeness (QED) is 0.766. The molecule has 0 radical (unpaired) electrons. The Morgan fingerprint density at radius 2 is 1.96 bits per heavy atom. The fraction of sp³-hybridized carbons (Fsp3) is 0.176. The predicted octanol–water partition coefficient (Wildman–Crippen LogP) is 2.24. The smallest absolute Gasteiger partial charge is 0.259 e. The van der Waals surface area contributed by atoms with Gasteiger partial charge in [-0.3, -0.25) is 4.79 Å². The van der Waals surface area contributed by atoms with Gasteiger partial charge in [-0.2, -0.15) is 0 Å². The van der Waals surface area contributed by atoms with Crippen LogP contribution >= 0.6 is 0 Å². The molecule has 0 aliphatic rings. The van der Waals surface area contributed by atoms with Crippen LogP contribution in [0.3, 0.4) is 0 Å². The Labute approximate surface area is 144 Å². The molecule has 1 N–H and O–H groups in total. The van der Waals surface area contributed by atoms with E-state index in [1.807, 2.05) is 19.1 Å². The maximum absolute atomic E-state index is 12.5. The zero-order valence-corrected chi connectivity index (χ0v) is 14.1. The van der Waals surface area contributed by atoms with Crippen molar-refractivity contribution in [2.24, 2.45) is 0 Å². The number of ether oxygens (including phenoxy) is 2. The molecule has 0 saturated carbocycles. The second-order valence-corrected chi connectivity index (χ2v) is 5.28.